The van der Waals surface area contributed by atoms with Crippen molar-refractivity contribution in [1.29, 1.82) is 0 Å². The number of aliphatic hydroxyl groups excluding tert-OH is 1. The van der Waals surface area contributed by atoms with Crippen molar-refractivity contribution >= 4 is 0 Å². The van der Waals surface area contributed by atoms with Crippen LogP contribution < -0.4 is 0 Å². The van der Waals surface area contributed by atoms with Gasteiger partial charge in [-0.15, -0.1) is 10.2 Å². The third kappa shape index (κ3) is 2.50. The number of halogens is 1. The van der Waals surface area contributed by atoms with Crippen LogP contribution >= 0.6 is 0 Å². The molecule has 1 N–H and O–H groups in total. The topological polar surface area (TPSA) is 76.7 Å². The Kier molecular flexibility index (Phi) is 3.41. The molecule has 0 aliphatic rings. The molecule has 0 fully saturated rings. The predicted molar refractivity (Wildman–Crippen MR) is 72.8 cm³/mol. The van der Waals surface area contributed by atoms with E-state index in [2.05, 4.69) is 20.4 Å². The first-order valence-corrected chi connectivity index (χ1v) is 6.16. The average Bonchev–Trinajstić information content (AvgIpc) is 2.94. The second kappa shape index (κ2) is 5.37. The molecule has 0 aliphatic carbocycles. The Labute approximate surface area is 119 Å². The van der Waals surface area contributed by atoms with Crippen LogP contribution in [-0.4, -0.2) is 30.3 Å². The van der Waals surface area contributed by atoms with Crippen molar-refractivity contribution in [3.63, 3.8) is 0 Å². The quantitative estimate of drug-likeness (QED) is 0.795. The van der Waals surface area contributed by atoms with E-state index in [1.54, 1.807) is 25.2 Å². The van der Waals surface area contributed by atoms with Crippen molar-refractivity contribution < 1.29 is 9.50 Å². The summed E-state index contributed by atoms with van der Waals surface area (Å²) in [5.41, 5.74) is 1.78. The first-order chi connectivity index (χ1) is 10.2. The van der Waals surface area contributed by atoms with E-state index in [4.69, 9.17) is 0 Å². The maximum absolute atomic E-state index is 14.0. The van der Waals surface area contributed by atoms with E-state index in [9.17, 15) is 9.50 Å². The van der Waals surface area contributed by atoms with Crippen molar-refractivity contribution in [3.05, 3.63) is 54.5 Å². The zero-order chi connectivity index (χ0) is 14.8. The van der Waals surface area contributed by atoms with Gasteiger partial charge < -0.3 is 5.11 Å². The number of hydrogen-bond acceptors (Lipinski definition) is 5. The molecule has 0 saturated carbocycles. The summed E-state index contributed by atoms with van der Waals surface area (Å²) < 4.78 is 14.0. The van der Waals surface area contributed by atoms with E-state index >= 15 is 0 Å². The van der Waals surface area contributed by atoms with Crippen molar-refractivity contribution in [2.24, 2.45) is 7.05 Å². The number of aliphatic hydroxyl groups is 1. The summed E-state index contributed by atoms with van der Waals surface area (Å²) in [5, 5.41) is 20.8. The Hall–Kier alpha value is -2.67. The van der Waals surface area contributed by atoms with Crippen LogP contribution in [0.1, 0.15) is 5.56 Å². The molecule has 1 aromatic carbocycles. The minimum Gasteiger partial charge on any atom is -0.385 e. The van der Waals surface area contributed by atoms with Crippen LogP contribution in [0.25, 0.3) is 22.6 Å². The van der Waals surface area contributed by atoms with Gasteiger partial charge in [-0.1, -0.05) is 18.2 Å². The predicted octanol–water partition coefficient (Wildman–Crippen LogP) is 1.96. The Morgan fingerprint density at radius 2 is 2.10 bits per heavy atom. The normalized spacial score (nSPS) is 10.8. The molecule has 3 rings (SSSR count). The summed E-state index contributed by atoms with van der Waals surface area (Å²) in [4.78, 5) is 5.55. The van der Waals surface area contributed by atoms with Crippen LogP contribution in [0.3, 0.4) is 0 Å². The molecule has 3 aromatic rings. The number of rotatable bonds is 3. The van der Waals surface area contributed by atoms with E-state index in [0.29, 0.717) is 28.2 Å². The van der Waals surface area contributed by atoms with Gasteiger partial charge in [0.15, 0.2) is 0 Å². The lowest BCUT2D eigenvalue weighted by atomic mass is 10.0. The molecular weight excluding hydrogens is 273 g/mol. The van der Waals surface area contributed by atoms with Gasteiger partial charge in [-0.25, -0.2) is 4.39 Å². The first kappa shape index (κ1) is 13.3. The summed E-state index contributed by atoms with van der Waals surface area (Å²) in [6, 6.07) is 7.87. The molecule has 0 saturated heterocycles. The van der Waals surface area contributed by atoms with Crippen LogP contribution in [0.4, 0.5) is 4.39 Å². The lowest BCUT2D eigenvalue weighted by Gasteiger charge is -2.08. The highest BCUT2D eigenvalue weighted by molar-refractivity contribution is 5.69. The van der Waals surface area contributed by atoms with Gasteiger partial charge in [-0.3, -0.25) is 4.98 Å². The van der Waals surface area contributed by atoms with Crippen molar-refractivity contribution in [1.82, 2.24) is 25.2 Å². The van der Waals surface area contributed by atoms with Gasteiger partial charge in [-0.05, 0) is 22.9 Å². The molecule has 0 unspecified atom stereocenters. The molecule has 7 heteroatoms. The molecule has 2 aromatic heterocycles. The average molecular weight is 284 g/mol. The number of pyridine rings is 1. The SMILES string of the molecule is Cn1nnc(-c2ccc(-c3c(F)cccc3[CH]O)cn2)n1. The largest absolute Gasteiger partial charge is 0.385 e. The standard InChI is InChI=1S/C14H11FN5O/c1-20-18-14(17-19-20)12-6-5-9(7-16-12)13-10(8-21)3-2-4-11(13)15/h2-8,21H,1H3. The number of aromatic nitrogens is 5. The second-order valence-corrected chi connectivity index (χ2v) is 4.37. The maximum Gasteiger partial charge on any atom is 0.223 e. The molecule has 0 amide bonds. The molecule has 105 valence electrons. The van der Waals surface area contributed by atoms with Gasteiger partial charge in [-0.2, -0.15) is 4.80 Å². The van der Waals surface area contributed by atoms with Gasteiger partial charge in [0.1, 0.15) is 18.1 Å². The Morgan fingerprint density at radius 1 is 1.24 bits per heavy atom. The summed E-state index contributed by atoms with van der Waals surface area (Å²) in [5.74, 6) is -0.0310. The van der Waals surface area contributed by atoms with Crippen LogP contribution in [0, 0.1) is 12.4 Å². The molecular formula is C14H11FN5O. The van der Waals surface area contributed by atoms with E-state index in [-0.39, 0.29) is 0 Å². The third-order valence-electron chi connectivity index (χ3n) is 2.97. The van der Waals surface area contributed by atoms with E-state index < -0.39 is 5.82 Å². The Balaban J connectivity index is 2.02. The molecule has 0 atom stereocenters. The summed E-state index contributed by atoms with van der Waals surface area (Å²) >= 11 is 0. The molecule has 0 spiro atoms. The van der Waals surface area contributed by atoms with E-state index in [1.807, 2.05) is 0 Å². The zero-order valence-corrected chi connectivity index (χ0v) is 11.1. The van der Waals surface area contributed by atoms with Crippen LogP contribution in [0.15, 0.2) is 36.5 Å². The molecule has 0 aliphatic heterocycles. The number of nitrogens with zero attached hydrogens (tertiary/aromatic N) is 5. The fourth-order valence-corrected chi connectivity index (χ4v) is 2.01. The minimum atomic E-state index is -0.426. The van der Waals surface area contributed by atoms with Crippen molar-refractivity contribution in [2.45, 2.75) is 0 Å². The van der Waals surface area contributed by atoms with Gasteiger partial charge in [0.05, 0.1) is 7.05 Å². The van der Waals surface area contributed by atoms with Gasteiger partial charge in [0, 0.05) is 17.3 Å². The van der Waals surface area contributed by atoms with Gasteiger partial charge in [0.25, 0.3) is 0 Å². The van der Waals surface area contributed by atoms with Crippen molar-refractivity contribution in [2.75, 3.05) is 0 Å². The fraction of sp³-hybridized carbons (Fsp3) is 0.0714. The van der Waals surface area contributed by atoms with E-state index in [1.165, 1.54) is 23.1 Å². The zero-order valence-electron chi connectivity index (χ0n) is 11.1. The minimum absolute atomic E-state index is 0.297. The fourth-order valence-electron chi connectivity index (χ4n) is 2.01. The lowest BCUT2D eigenvalue weighted by molar-refractivity contribution is 0.414. The number of aryl methyl sites for hydroxylation is 1. The number of tetrazole rings is 1. The Bertz CT molecular complexity index is 769. The molecule has 0 bridgehead atoms. The van der Waals surface area contributed by atoms with Crippen LogP contribution in [0.5, 0.6) is 0 Å². The van der Waals surface area contributed by atoms with Gasteiger partial charge in [0.2, 0.25) is 5.82 Å². The number of benzene rings is 1. The monoisotopic (exact) mass is 284 g/mol. The van der Waals surface area contributed by atoms with Gasteiger partial charge >= 0.3 is 0 Å². The van der Waals surface area contributed by atoms with E-state index in [0.717, 1.165) is 6.61 Å². The molecule has 1 radical (unpaired) electrons. The number of hydrogen-bond donors (Lipinski definition) is 1. The van der Waals surface area contributed by atoms with Crippen molar-refractivity contribution in [3.8, 4) is 22.6 Å². The third-order valence-corrected chi connectivity index (χ3v) is 2.97. The summed E-state index contributed by atoms with van der Waals surface area (Å²) in [6.07, 6.45) is 1.51. The highest BCUT2D eigenvalue weighted by atomic mass is 19.1. The van der Waals surface area contributed by atoms with Crippen LogP contribution in [0.2, 0.25) is 0 Å². The maximum atomic E-state index is 14.0. The Morgan fingerprint density at radius 3 is 2.71 bits per heavy atom. The first-order valence-electron chi connectivity index (χ1n) is 6.16. The molecule has 6 nitrogen and oxygen atoms in total. The lowest BCUT2D eigenvalue weighted by Crippen LogP contribution is -1.94. The molecule has 2 heterocycles. The smallest absolute Gasteiger partial charge is 0.223 e. The summed E-state index contributed by atoms with van der Waals surface area (Å²) in [6.45, 7) is 0.872. The highest BCUT2D eigenvalue weighted by Crippen LogP contribution is 2.27. The second-order valence-electron chi connectivity index (χ2n) is 4.37. The summed E-state index contributed by atoms with van der Waals surface area (Å²) in [7, 11) is 1.66. The highest BCUT2D eigenvalue weighted by Gasteiger charge is 2.12. The van der Waals surface area contributed by atoms with Crippen LogP contribution in [-0.2, 0) is 7.05 Å². The molecule has 21 heavy (non-hydrogen) atoms.